The highest BCUT2D eigenvalue weighted by molar-refractivity contribution is 7.23. The van der Waals surface area contributed by atoms with E-state index in [-0.39, 0.29) is 12.5 Å². The van der Waals surface area contributed by atoms with E-state index in [0.29, 0.717) is 29.4 Å². The van der Waals surface area contributed by atoms with Gasteiger partial charge in [-0.1, -0.05) is 22.6 Å². The molecule has 3 heterocycles. The first-order valence-electron chi connectivity index (χ1n) is 10.3. The molecule has 0 unspecified atom stereocenters. The predicted molar refractivity (Wildman–Crippen MR) is 125 cm³/mol. The molecule has 0 aliphatic rings. The van der Waals surface area contributed by atoms with Crippen molar-refractivity contribution >= 4 is 32.4 Å². The number of amides is 1. The number of carbonyl (C=O) groups is 1. The van der Waals surface area contributed by atoms with Gasteiger partial charge in [0.1, 0.15) is 22.9 Å². The number of thiazole rings is 1. The monoisotopic (exact) mass is 462 g/mol. The van der Waals surface area contributed by atoms with E-state index in [1.807, 2.05) is 28.7 Å². The molecule has 168 valence electrons. The highest BCUT2D eigenvalue weighted by atomic mass is 32.1. The number of nitrogens with one attached hydrogen (secondary N) is 1. The molecule has 0 radical (unpaired) electrons. The number of methoxy groups -OCH3 is 2. The number of carbonyl (C=O) groups excluding carboxylic acids is 1. The number of rotatable bonds is 7. The van der Waals surface area contributed by atoms with Crippen molar-refractivity contribution in [2.24, 2.45) is 0 Å². The fourth-order valence-corrected chi connectivity index (χ4v) is 4.73. The quantitative estimate of drug-likeness (QED) is 0.398. The summed E-state index contributed by atoms with van der Waals surface area (Å²) < 4.78 is 15.4. The number of aromatic nitrogens is 5. The maximum absolute atomic E-state index is 12.6. The van der Waals surface area contributed by atoms with Crippen molar-refractivity contribution in [2.75, 3.05) is 14.2 Å². The maximum Gasteiger partial charge on any atom is 0.271 e. The largest absolute Gasteiger partial charge is 0.497 e. The van der Waals surface area contributed by atoms with E-state index in [0.717, 1.165) is 20.7 Å². The number of ether oxygens (including phenoxy) is 2. The average Bonchev–Trinajstić information content (AvgIpc) is 3.51. The van der Waals surface area contributed by atoms with Crippen LogP contribution in [0.25, 0.3) is 15.2 Å². The molecule has 0 saturated carbocycles. The van der Waals surface area contributed by atoms with Gasteiger partial charge >= 0.3 is 0 Å². The Morgan fingerprint density at radius 2 is 1.88 bits per heavy atom. The molecule has 1 N–H and O–H groups in total. The van der Waals surface area contributed by atoms with Gasteiger partial charge < -0.3 is 14.8 Å². The Bertz CT molecular complexity index is 1450. The number of fused-ring (bicyclic) bond motifs is 3. The van der Waals surface area contributed by atoms with Crippen LogP contribution >= 0.6 is 11.3 Å². The van der Waals surface area contributed by atoms with E-state index < -0.39 is 0 Å². The lowest BCUT2D eigenvalue weighted by Crippen LogP contribution is -2.23. The first-order valence-corrected chi connectivity index (χ1v) is 11.1. The van der Waals surface area contributed by atoms with Gasteiger partial charge in [0.2, 0.25) is 0 Å². The number of nitrogens with zero attached hydrogens (tertiary/aromatic N) is 5. The topological polar surface area (TPSA) is 95.6 Å². The number of aryl methyl sites for hydroxylation is 1. The molecule has 0 aliphatic heterocycles. The summed E-state index contributed by atoms with van der Waals surface area (Å²) in [5.74, 6) is 1.16. The molecule has 2 aromatic carbocycles. The summed E-state index contributed by atoms with van der Waals surface area (Å²) in [5, 5.41) is 11.2. The standard InChI is InChI=1S/C23H22N6O3S/c1-14-4-5-20-21(6-14)33-23-25-19(13-29(20)23)22(30)24-10-16-12-28(27-26-16)11-15-7-17(31-2)9-18(8-15)32-3/h4-9,12-13H,10-11H2,1-3H3,(H,24,30). The molecular formula is C23H22N6O3S. The molecular weight excluding hydrogens is 440 g/mol. The van der Waals surface area contributed by atoms with E-state index in [1.54, 1.807) is 42.6 Å². The SMILES string of the molecule is COc1cc(Cn2cc(CNC(=O)c3cn4c(n3)sc3cc(C)ccc34)nn2)cc(OC)c1. The molecule has 0 saturated heterocycles. The third-order valence-electron chi connectivity index (χ3n) is 5.25. The summed E-state index contributed by atoms with van der Waals surface area (Å²) in [6, 6.07) is 11.9. The van der Waals surface area contributed by atoms with Crippen molar-refractivity contribution in [3.63, 3.8) is 0 Å². The molecule has 0 atom stereocenters. The van der Waals surface area contributed by atoms with Gasteiger partial charge in [-0.3, -0.25) is 9.20 Å². The van der Waals surface area contributed by atoms with Crippen molar-refractivity contribution in [2.45, 2.75) is 20.0 Å². The predicted octanol–water partition coefficient (Wildman–Crippen LogP) is 3.44. The normalized spacial score (nSPS) is 11.2. The molecule has 1 amide bonds. The van der Waals surface area contributed by atoms with Crippen LogP contribution in [0.5, 0.6) is 11.5 Å². The summed E-state index contributed by atoms with van der Waals surface area (Å²) in [4.78, 5) is 17.9. The molecule has 10 heteroatoms. The van der Waals surface area contributed by atoms with E-state index in [9.17, 15) is 4.79 Å². The van der Waals surface area contributed by atoms with Crippen molar-refractivity contribution in [3.8, 4) is 11.5 Å². The summed E-state index contributed by atoms with van der Waals surface area (Å²) in [5.41, 5.74) is 4.24. The van der Waals surface area contributed by atoms with Crippen LogP contribution in [-0.2, 0) is 13.1 Å². The summed E-state index contributed by atoms with van der Waals surface area (Å²) >= 11 is 1.57. The summed E-state index contributed by atoms with van der Waals surface area (Å²) in [6.07, 6.45) is 3.57. The zero-order valence-electron chi connectivity index (χ0n) is 18.4. The van der Waals surface area contributed by atoms with Crippen LogP contribution in [0.1, 0.15) is 27.3 Å². The molecule has 0 bridgehead atoms. The Labute approximate surface area is 193 Å². The van der Waals surface area contributed by atoms with Gasteiger partial charge in [-0.15, -0.1) is 5.10 Å². The number of imidazole rings is 1. The second-order valence-corrected chi connectivity index (χ2v) is 8.67. The molecule has 5 rings (SSSR count). The van der Waals surface area contributed by atoms with Crippen LogP contribution in [0.15, 0.2) is 48.8 Å². The second kappa shape index (κ2) is 8.55. The van der Waals surface area contributed by atoms with E-state index in [1.165, 1.54) is 5.56 Å². The Kier molecular flexibility index (Phi) is 5.43. The number of hydrogen-bond donors (Lipinski definition) is 1. The third-order valence-corrected chi connectivity index (χ3v) is 6.27. The molecule has 33 heavy (non-hydrogen) atoms. The number of benzene rings is 2. The summed E-state index contributed by atoms with van der Waals surface area (Å²) in [6.45, 7) is 2.81. The lowest BCUT2D eigenvalue weighted by atomic mass is 10.2. The minimum Gasteiger partial charge on any atom is -0.497 e. The molecule has 5 aromatic rings. The van der Waals surface area contributed by atoms with Crippen molar-refractivity contribution < 1.29 is 14.3 Å². The minimum absolute atomic E-state index is 0.252. The lowest BCUT2D eigenvalue weighted by Gasteiger charge is -2.08. The lowest BCUT2D eigenvalue weighted by molar-refractivity contribution is 0.0946. The van der Waals surface area contributed by atoms with Gasteiger partial charge in [0.25, 0.3) is 5.91 Å². The van der Waals surface area contributed by atoms with Crippen LogP contribution in [0.4, 0.5) is 0 Å². The van der Waals surface area contributed by atoms with E-state index >= 15 is 0 Å². The van der Waals surface area contributed by atoms with Crippen LogP contribution in [0.2, 0.25) is 0 Å². The molecule has 3 aromatic heterocycles. The average molecular weight is 463 g/mol. The molecule has 0 aliphatic carbocycles. The fourth-order valence-electron chi connectivity index (χ4n) is 3.62. The zero-order valence-corrected chi connectivity index (χ0v) is 19.2. The fraction of sp³-hybridized carbons (Fsp3) is 0.217. The summed E-state index contributed by atoms with van der Waals surface area (Å²) in [7, 11) is 3.23. The zero-order chi connectivity index (χ0) is 22.9. The Hall–Kier alpha value is -3.92. The maximum atomic E-state index is 12.6. The Morgan fingerprint density at radius 1 is 1.09 bits per heavy atom. The van der Waals surface area contributed by atoms with Gasteiger partial charge in [0.05, 0.1) is 43.7 Å². The van der Waals surface area contributed by atoms with Gasteiger partial charge in [-0.2, -0.15) is 0 Å². The van der Waals surface area contributed by atoms with E-state index in [2.05, 4.69) is 39.7 Å². The second-order valence-electron chi connectivity index (χ2n) is 7.66. The molecule has 0 fully saturated rings. The first kappa shape index (κ1) is 21.0. The van der Waals surface area contributed by atoms with Gasteiger partial charge in [-0.25, -0.2) is 9.67 Å². The van der Waals surface area contributed by atoms with Crippen molar-refractivity contribution in [1.82, 2.24) is 29.7 Å². The van der Waals surface area contributed by atoms with Crippen LogP contribution in [0.3, 0.4) is 0 Å². The minimum atomic E-state index is -0.252. The molecule has 9 nitrogen and oxygen atoms in total. The third kappa shape index (κ3) is 4.24. The smallest absolute Gasteiger partial charge is 0.271 e. The van der Waals surface area contributed by atoms with Crippen molar-refractivity contribution in [1.29, 1.82) is 0 Å². The van der Waals surface area contributed by atoms with Crippen LogP contribution in [-0.4, -0.2) is 44.5 Å². The van der Waals surface area contributed by atoms with E-state index in [4.69, 9.17) is 9.47 Å². The van der Waals surface area contributed by atoms with Gasteiger partial charge in [-0.05, 0) is 42.3 Å². The van der Waals surface area contributed by atoms with Crippen LogP contribution < -0.4 is 14.8 Å². The van der Waals surface area contributed by atoms with Gasteiger partial charge in [0, 0.05) is 12.3 Å². The van der Waals surface area contributed by atoms with Gasteiger partial charge in [0.15, 0.2) is 4.96 Å². The van der Waals surface area contributed by atoms with Crippen LogP contribution in [0, 0.1) is 6.92 Å². The number of hydrogen-bond acceptors (Lipinski definition) is 7. The van der Waals surface area contributed by atoms with Crippen molar-refractivity contribution in [3.05, 3.63) is 71.3 Å². The Balaban J connectivity index is 1.25. The first-order chi connectivity index (χ1) is 16.0. The highest BCUT2D eigenvalue weighted by Crippen LogP contribution is 2.27. The molecule has 0 spiro atoms. The highest BCUT2D eigenvalue weighted by Gasteiger charge is 2.15. The Morgan fingerprint density at radius 3 is 2.64 bits per heavy atom.